The van der Waals surface area contributed by atoms with Crippen molar-refractivity contribution < 1.29 is 14.3 Å². The molecule has 1 amide bonds. The number of hydrogen-bond donors (Lipinski definition) is 1. The first-order valence-corrected chi connectivity index (χ1v) is 2.82. The van der Waals surface area contributed by atoms with E-state index in [0.717, 1.165) is 0 Å². The smallest absolute Gasteiger partial charge is 0.411 e. The van der Waals surface area contributed by atoms with Gasteiger partial charge in [0.25, 0.3) is 6.17 Å². The molecule has 1 N–H and O–H groups in total. The van der Waals surface area contributed by atoms with Crippen molar-refractivity contribution in [3.05, 3.63) is 4.91 Å². The van der Waals surface area contributed by atoms with Crippen LogP contribution in [0.3, 0.4) is 0 Å². The number of nitrogens with zero attached hydrogens (tertiary/aromatic N) is 1. The Morgan fingerprint density at radius 1 is 1.70 bits per heavy atom. The van der Waals surface area contributed by atoms with Gasteiger partial charge in [0.1, 0.15) is 0 Å². The molecule has 0 aliphatic heterocycles. The molecule has 0 aromatic carbocycles. The molecule has 1 unspecified atom stereocenters. The second-order valence-corrected chi connectivity index (χ2v) is 1.86. The van der Waals surface area contributed by atoms with Gasteiger partial charge in [-0.3, -0.25) is 5.32 Å². The summed E-state index contributed by atoms with van der Waals surface area (Å²) in [6.45, 7) is 1.56. The van der Waals surface area contributed by atoms with Gasteiger partial charge in [-0.2, -0.15) is 0 Å². The van der Waals surface area contributed by atoms with Crippen LogP contribution in [0.25, 0.3) is 0 Å². The van der Waals surface area contributed by atoms with Crippen molar-refractivity contribution in [3.63, 3.8) is 0 Å². The lowest BCUT2D eigenvalue weighted by Gasteiger charge is -2.02. The fraction of sp³-hybridized carbons (Fsp3) is 0.800. The summed E-state index contributed by atoms with van der Waals surface area (Å²) in [6.07, 6.45) is -1.15. The maximum atomic E-state index is 10.4. The molecule has 10 heavy (non-hydrogen) atoms. The molecule has 0 bridgehead atoms. The fourth-order valence-electron chi connectivity index (χ4n) is 0.320. The van der Waals surface area contributed by atoms with Gasteiger partial charge in [-0.05, 0) is 0 Å². The number of nitroso groups, excluding NO2 is 1. The van der Waals surface area contributed by atoms with Crippen LogP contribution in [-0.4, -0.2) is 31.2 Å². The Bertz CT molecular complexity index is 146. The van der Waals surface area contributed by atoms with Crippen molar-refractivity contribution in [3.8, 4) is 0 Å². The average molecular weight is 147 g/mol. The van der Waals surface area contributed by atoms with Crippen molar-refractivity contribution in [1.82, 2.24) is 5.32 Å². The first-order chi connectivity index (χ1) is 4.57. The summed E-state index contributed by atoms with van der Waals surface area (Å²) in [5.41, 5.74) is 0. The molecule has 0 saturated heterocycles. The maximum Gasteiger partial charge on any atom is 0.411 e. The van der Waals surface area contributed by atoms with Gasteiger partial charge in [-0.15, -0.1) is 0 Å². The predicted molar refractivity (Wildman–Crippen MR) is 34.6 cm³/mol. The van der Waals surface area contributed by atoms with Gasteiger partial charge >= 0.3 is 6.09 Å². The number of ether oxygens (including phenoxy) is 1. The van der Waals surface area contributed by atoms with Crippen LogP contribution >= 0.6 is 0 Å². The number of amides is 1. The third-order valence-corrected chi connectivity index (χ3v) is 1.06. The van der Waals surface area contributed by atoms with E-state index in [1.165, 1.54) is 14.2 Å². The first kappa shape index (κ1) is 8.87. The zero-order chi connectivity index (χ0) is 8.15. The first-order valence-electron chi connectivity index (χ1n) is 2.82. The molecule has 0 spiro atoms. The fourth-order valence-corrected chi connectivity index (χ4v) is 0.320. The highest BCUT2D eigenvalue weighted by Crippen LogP contribution is 1.81. The standard InChI is InChI=1S/C5H10N2O3/c1-4(7(2)9)6-5(8)10-3/h4H,1-3H3/p+1. The Balaban J connectivity index is 3.68. The molecule has 5 heteroatoms. The number of methoxy groups -OCH3 is 1. The molecule has 0 rings (SSSR count). The van der Waals surface area contributed by atoms with Crippen LogP contribution in [0.15, 0.2) is 0 Å². The minimum Gasteiger partial charge on any atom is -0.453 e. The van der Waals surface area contributed by atoms with Crippen LogP contribution in [0.2, 0.25) is 0 Å². The highest BCUT2D eigenvalue weighted by atomic mass is 16.5. The van der Waals surface area contributed by atoms with Crippen molar-refractivity contribution in [2.24, 2.45) is 0 Å². The van der Waals surface area contributed by atoms with Gasteiger partial charge in [-0.25, -0.2) is 4.79 Å². The number of alkyl carbamates (subject to hydrolysis) is 1. The molecule has 0 aliphatic rings. The van der Waals surface area contributed by atoms with E-state index < -0.39 is 12.3 Å². The highest BCUT2D eigenvalue weighted by Gasteiger charge is 2.15. The molecule has 0 aromatic heterocycles. The zero-order valence-corrected chi connectivity index (χ0v) is 6.25. The topological polar surface area (TPSA) is 58.4 Å². The summed E-state index contributed by atoms with van der Waals surface area (Å²) in [5.74, 6) is 0. The lowest BCUT2D eigenvalue weighted by Crippen LogP contribution is -2.38. The van der Waals surface area contributed by atoms with Crippen molar-refractivity contribution in [2.75, 3.05) is 14.2 Å². The van der Waals surface area contributed by atoms with E-state index in [1.54, 1.807) is 6.92 Å². The van der Waals surface area contributed by atoms with Crippen molar-refractivity contribution >= 4 is 6.09 Å². The normalized spacial score (nSPS) is 11.9. The molecule has 0 radical (unpaired) electrons. The quantitative estimate of drug-likeness (QED) is 0.445. The van der Waals surface area contributed by atoms with Crippen molar-refractivity contribution in [2.45, 2.75) is 13.1 Å². The van der Waals surface area contributed by atoms with E-state index in [4.69, 9.17) is 0 Å². The predicted octanol–water partition coefficient (Wildman–Crippen LogP) is 0.0971. The largest absolute Gasteiger partial charge is 0.453 e. The summed E-state index contributed by atoms with van der Waals surface area (Å²) >= 11 is 0. The van der Waals surface area contributed by atoms with E-state index in [0.29, 0.717) is 4.76 Å². The molecule has 0 aliphatic carbocycles. The highest BCUT2D eigenvalue weighted by molar-refractivity contribution is 5.66. The Morgan fingerprint density at radius 2 is 2.20 bits per heavy atom. The minimum atomic E-state index is -0.602. The third kappa shape index (κ3) is 3.01. The molecule has 1 atom stereocenters. The van der Waals surface area contributed by atoms with E-state index in [-0.39, 0.29) is 0 Å². The second-order valence-electron chi connectivity index (χ2n) is 1.86. The third-order valence-electron chi connectivity index (χ3n) is 1.06. The average Bonchev–Trinajstić information content (AvgIpc) is 1.87. The van der Waals surface area contributed by atoms with Crippen LogP contribution in [-0.2, 0) is 4.74 Å². The van der Waals surface area contributed by atoms with E-state index in [1.807, 2.05) is 0 Å². The van der Waals surface area contributed by atoms with Gasteiger partial charge < -0.3 is 4.74 Å². The van der Waals surface area contributed by atoms with E-state index >= 15 is 0 Å². The summed E-state index contributed by atoms with van der Waals surface area (Å²) in [5, 5.41) is 2.28. The van der Waals surface area contributed by atoms with Crippen LogP contribution < -0.4 is 5.32 Å². The molecule has 0 aromatic rings. The molecular weight excluding hydrogens is 136 g/mol. The Labute approximate surface area is 58.9 Å². The van der Waals surface area contributed by atoms with Gasteiger partial charge in [0.05, 0.1) is 7.11 Å². The number of carbonyl (C=O) groups excluding carboxylic acids is 1. The van der Waals surface area contributed by atoms with E-state index in [2.05, 4.69) is 10.1 Å². The van der Waals surface area contributed by atoms with Crippen LogP contribution in [0.4, 0.5) is 4.79 Å². The molecule has 0 fully saturated rings. The van der Waals surface area contributed by atoms with Gasteiger partial charge in [0, 0.05) is 16.6 Å². The summed E-state index contributed by atoms with van der Waals surface area (Å²) in [7, 11) is 2.56. The molecule has 0 saturated carbocycles. The summed E-state index contributed by atoms with van der Waals surface area (Å²) in [4.78, 5) is 20.9. The number of carbonyl (C=O) groups is 1. The number of rotatable bonds is 2. The van der Waals surface area contributed by atoms with Crippen LogP contribution in [0, 0.1) is 4.91 Å². The van der Waals surface area contributed by atoms with Gasteiger partial charge in [-0.1, -0.05) is 0 Å². The SMILES string of the molecule is COC(=O)NC(C)[N+](C)=O. The Hall–Kier alpha value is -1.13. The summed E-state index contributed by atoms with van der Waals surface area (Å²) < 4.78 is 4.88. The van der Waals surface area contributed by atoms with Crippen LogP contribution in [0.1, 0.15) is 6.92 Å². The maximum absolute atomic E-state index is 10.4. The monoisotopic (exact) mass is 147 g/mol. The lowest BCUT2D eigenvalue weighted by molar-refractivity contribution is -0.558. The lowest BCUT2D eigenvalue weighted by atomic mass is 10.6. The number of hydrogen-bond acceptors (Lipinski definition) is 3. The Kier molecular flexibility index (Phi) is 3.38. The molecule has 58 valence electrons. The van der Waals surface area contributed by atoms with E-state index in [9.17, 15) is 9.70 Å². The number of nitrogens with one attached hydrogen (secondary N) is 1. The van der Waals surface area contributed by atoms with Gasteiger partial charge in [0.2, 0.25) is 0 Å². The molecule has 5 nitrogen and oxygen atoms in total. The zero-order valence-electron chi connectivity index (χ0n) is 6.25. The minimum absolute atomic E-state index is 0.549. The second kappa shape index (κ2) is 3.81. The van der Waals surface area contributed by atoms with Crippen molar-refractivity contribution in [1.29, 1.82) is 0 Å². The van der Waals surface area contributed by atoms with Gasteiger partial charge in [0.15, 0.2) is 7.05 Å². The Morgan fingerprint density at radius 3 is 2.50 bits per heavy atom. The molecule has 0 heterocycles. The summed E-state index contributed by atoms with van der Waals surface area (Å²) in [6, 6.07) is 0. The van der Waals surface area contributed by atoms with Crippen LogP contribution in [0.5, 0.6) is 0 Å². The molecular formula is C5H11N2O3+.